The van der Waals surface area contributed by atoms with Gasteiger partial charge in [0.05, 0.1) is 11.6 Å². The number of carbonyl (C=O) groups is 1. The van der Waals surface area contributed by atoms with Crippen LogP contribution in [0.15, 0.2) is 42.7 Å². The van der Waals surface area contributed by atoms with E-state index in [0.29, 0.717) is 22.8 Å². The number of carbonyl (C=O) groups excluding carboxylic acids is 1. The third kappa shape index (κ3) is 3.19. The van der Waals surface area contributed by atoms with Crippen LogP contribution in [0, 0.1) is 11.3 Å². The van der Waals surface area contributed by atoms with E-state index < -0.39 is 0 Å². The molecule has 0 saturated carbocycles. The summed E-state index contributed by atoms with van der Waals surface area (Å²) in [6.07, 6.45) is 3.97. The molecule has 2 N–H and O–H groups in total. The predicted octanol–water partition coefficient (Wildman–Crippen LogP) is 2.58. The molecule has 3 rings (SSSR count). The number of nitrogens with one attached hydrogen (secondary N) is 2. The van der Waals surface area contributed by atoms with Gasteiger partial charge in [-0.15, -0.1) is 11.3 Å². The molecule has 0 spiro atoms. The largest absolute Gasteiger partial charge is 0.297 e. The summed E-state index contributed by atoms with van der Waals surface area (Å²) in [5, 5.41) is 18.4. The fourth-order valence-electron chi connectivity index (χ4n) is 1.89. The minimum Gasteiger partial charge on any atom is -0.297 e. The van der Waals surface area contributed by atoms with Crippen molar-refractivity contribution in [3.05, 3.63) is 64.4 Å². The van der Waals surface area contributed by atoms with Gasteiger partial charge in [0, 0.05) is 23.7 Å². The third-order valence-corrected chi connectivity index (χ3v) is 3.89. The van der Waals surface area contributed by atoms with Crippen LogP contribution in [-0.4, -0.2) is 21.1 Å². The van der Waals surface area contributed by atoms with Crippen LogP contribution in [-0.2, 0) is 6.42 Å². The predicted molar refractivity (Wildman–Crippen MR) is 82.6 cm³/mol. The van der Waals surface area contributed by atoms with Crippen LogP contribution in [0.4, 0.5) is 5.13 Å². The summed E-state index contributed by atoms with van der Waals surface area (Å²) in [7, 11) is 0. The lowest BCUT2D eigenvalue weighted by molar-refractivity contribution is 0.102. The van der Waals surface area contributed by atoms with Gasteiger partial charge in [-0.1, -0.05) is 12.1 Å². The molecule has 0 aliphatic carbocycles. The molecule has 0 atom stereocenters. The highest BCUT2D eigenvalue weighted by molar-refractivity contribution is 7.15. The van der Waals surface area contributed by atoms with Crippen molar-refractivity contribution in [2.75, 3.05) is 5.32 Å². The monoisotopic (exact) mass is 309 g/mol. The molecule has 0 radical (unpaired) electrons. The van der Waals surface area contributed by atoms with Gasteiger partial charge in [0.1, 0.15) is 5.69 Å². The molecule has 1 amide bonds. The highest BCUT2D eigenvalue weighted by atomic mass is 32.1. The molecule has 7 heteroatoms. The zero-order valence-electron chi connectivity index (χ0n) is 11.4. The Hall–Kier alpha value is -2.98. The van der Waals surface area contributed by atoms with Crippen molar-refractivity contribution in [2.45, 2.75) is 6.42 Å². The number of rotatable bonds is 4. The molecule has 0 fully saturated rings. The molecule has 108 valence electrons. The van der Waals surface area contributed by atoms with Crippen molar-refractivity contribution in [3.8, 4) is 6.07 Å². The summed E-state index contributed by atoms with van der Waals surface area (Å²) in [5.74, 6) is -0.267. The summed E-state index contributed by atoms with van der Waals surface area (Å²) >= 11 is 1.42. The lowest BCUT2D eigenvalue weighted by Crippen LogP contribution is -2.11. The van der Waals surface area contributed by atoms with Gasteiger partial charge in [0.15, 0.2) is 5.13 Å². The number of hydrogen-bond donors (Lipinski definition) is 2. The van der Waals surface area contributed by atoms with E-state index in [1.165, 1.54) is 17.5 Å². The van der Waals surface area contributed by atoms with E-state index in [0.717, 1.165) is 10.4 Å². The topological polar surface area (TPSA) is 94.5 Å². The maximum absolute atomic E-state index is 11.9. The summed E-state index contributed by atoms with van der Waals surface area (Å²) in [4.78, 5) is 17.1. The van der Waals surface area contributed by atoms with Gasteiger partial charge in [-0.25, -0.2) is 4.98 Å². The number of aromatic nitrogens is 3. The first-order valence-electron chi connectivity index (χ1n) is 6.49. The quantitative estimate of drug-likeness (QED) is 0.774. The van der Waals surface area contributed by atoms with E-state index in [-0.39, 0.29) is 5.91 Å². The number of hydrogen-bond acceptors (Lipinski definition) is 5. The zero-order valence-corrected chi connectivity index (χ0v) is 12.2. The van der Waals surface area contributed by atoms with E-state index in [1.807, 2.05) is 12.1 Å². The molecule has 2 heterocycles. The Bertz CT molecular complexity index is 814. The number of nitriles is 1. The Kier molecular flexibility index (Phi) is 3.94. The number of thiazole rings is 1. The zero-order chi connectivity index (χ0) is 15.4. The summed E-state index contributed by atoms with van der Waals surface area (Å²) in [6.45, 7) is 0. The summed E-state index contributed by atoms with van der Waals surface area (Å²) in [5.41, 5.74) is 2.12. The number of nitrogens with zero attached hydrogens (tertiary/aromatic N) is 3. The molecular formula is C15H11N5OS. The van der Waals surface area contributed by atoms with Crippen LogP contribution < -0.4 is 5.32 Å². The second-order valence-corrected chi connectivity index (χ2v) is 5.66. The molecule has 3 aromatic rings. The van der Waals surface area contributed by atoms with Crippen molar-refractivity contribution in [2.24, 2.45) is 0 Å². The van der Waals surface area contributed by atoms with Gasteiger partial charge in [0.25, 0.3) is 5.91 Å². The van der Waals surface area contributed by atoms with Gasteiger partial charge in [0.2, 0.25) is 0 Å². The minimum atomic E-state index is -0.267. The second-order valence-electron chi connectivity index (χ2n) is 4.54. The lowest BCUT2D eigenvalue weighted by Gasteiger charge is -1.99. The van der Waals surface area contributed by atoms with E-state index >= 15 is 0 Å². The Morgan fingerprint density at radius 1 is 1.32 bits per heavy atom. The maximum Gasteiger partial charge on any atom is 0.275 e. The summed E-state index contributed by atoms with van der Waals surface area (Å²) < 4.78 is 0. The van der Waals surface area contributed by atoms with Crippen molar-refractivity contribution in [3.63, 3.8) is 0 Å². The molecule has 1 aromatic carbocycles. The van der Waals surface area contributed by atoms with E-state index in [1.54, 1.807) is 24.4 Å². The van der Waals surface area contributed by atoms with Gasteiger partial charge in [-0.05, 0) is 23.8 Å². The minimum absolute atomic E-state index is 0.267. The third-order valence-electron chi connectivity index (χ3n) is 2.98. The highest BCUT2D eigenvalue weighted by Crippen LogP contribution is 2.21. The fraction of sp³-hybridized carbons (Fsp3) is 0.0667. The smallest absolute Gasteiger partial charge is 0.275 e. The van der Waals surface area contributed by atoms with Crippen LogP contribution in [0.3, 0.4) is 0 Å². The first-order valence-corrected chi connectivity index (χ1v) is 7.31. The summed E-state index contributed by atoms with van der Waals surface area (Å²) in [6, 6.07) is 11.1. The normalized spacial score (nSPS) is 10.1. The van der Waals surface area contributed by atoms with E-state index in [9.17, 15) is 4.79 Å². The van der Waals surface area contributed by atoms with E-state index in [4.69, 9.17) is 5.26 Å². The Morgan fingerprint density at radius 3 is 2.82 bits per heavy atom. The number of aromatic amines is 1. The molecule has 0 saturated heterocycles. The molecule has 22 heavy (non-hydrogen) atoms. The van der Waals surface area contributed by atoms with Gasteiger partial charge in [-0.2, -0.15) is 10.4 Å². The van der Waals surface area contributed by atoms with Gasteiger partial charge >= 0.3 is 0 Å². The first kappa shape index (κ1) is 14.0. The Morgan fingerprint density at radius 2 is 2.14 bits per heavy atom. The van der Waals surface area contributed by atoms with Crippen LogP contribution >= 0.6 is 11.3 Å². The Balaban J connectivity index is 1.66. The Labute approximate surface area is 130 Å². The van der Waals surface area contributed by atoms with Crippen molar-refractivity contribution >= 4 is 22.4 Å². The second kappa shape index (κ2) is 6.20. The molecule has 2 aromatic heterocycles. The van der Waals surface area contributed by atoms with Crippen molar-refractivity contribution in [1.82, 2.24) is 15.2 Å². The first-order chi connectivity index (χ1) is 10.7. The lowest BCUT2D eigenvalue weighted by atomic mass is 10.1. The molecule has 0 aliphatic rings. The number of H-pyrrole nitrogens is 1. The van der Waals surface area contributed by atoms with Crippen LogP contribution in [0.25, 0.3) is 0 Å². The van der Waals surface area contributed by atoms with Crippen molar-refractivity contribution in [1.29, 1.82) is 5.26 Å². The molecule has 0 bridgehead atoms. The number of benzene rings is 1. The fourth-order valence-corrected chi connectivity index (χ4v) is 2.73. The molecular weight excluding hydrogens is 298 g/mol. The van der Waals surface area contributed by atoms with Crippen molar-refractivity contribution < 1.29 is 4.79 Å². The average molecular weight is 309 g/mol. The van der Waals surface area contributed by atoms with Crippen LogP contribution in [0.2, 0.25) is 0 Å². The molecule has 0 aliphatic heterocycles. The molecule has 6 nitrogen and oxygen atoms in total. The van der Waals surface area contributed by atoms with Crippen LogP contribution in [0.5, 0.6) is 0 Å². The highest BCUT2D eigenvalue weighted by Gasteiger charge is 2.10. The standard InChI is InChI=1S/C15H11N5OS/c16-8-11-3-1-10(2-4-11)7-12-9-17-15(22-12)19-14(21)13-5-6-18-20-13/h1-6,9H,7H2,(H,18,20)(H,17,19,21). The van der Waals surface area contributed by atoms with Gasteiger partial charge in [-0.3, -0.25) is 15.2 Å². The van der Waals surface area contributed by atoms with E-state index in [2.05, 4.69) is 26.6 Å². The number of anilines is 1. The number of amides is 1. The maximum atomic E-state index is 11.9. The average Bonchev–Trinajstić information content (AvgIpc) is 3.20. The van der Waals surface area contributed by atoms with Crippen LogP contribution in [0.1, 0.15) is 26.5 Å². The SMILES string of the molecule is N#Cc1ccc(Cc2cnc(NC(=O)c3ccn[nH]3)s2)cc1. The van der Waals surface area contributed by atoms with Gasteiger partial charge < -0.3 is 0 Å². The molecule has 0 unspecified atom stereocenters.